The van der Waals surface area contributed by atoms with Crippen molar-refractivity contribution in [2.75, 3.05) is 17.7 Å². The second-order valence-electron chi connectivity index (χ2n) is 4.63. The van der Waals surface area contributed by atoms with Crippen molar-refractivity contribution >= 4 is 22.5 Å². The molecule has 1 atom stereocenters. The topological polar surface area (TPSA) is 104 Å². The van der Waals surface area contributed by atoms with Gasteiger partial charge in [-0.2, -0.15) is 0 Å². The van der Waals surface area contributed by atoms with Crippen LogP contribution >= 0.6 is 0 Å². The molecular weight excluding hydrogens is 234 g/mol. The fourth-order valence-electron chi connectivity index (χ4n) is 1.76. The number of aliphatic hydroxyl groups is 1. The van der Waals surface area contributed by atoms with Gasteiger partial charge in [-0.1, -0.05) is 13.8 Å². The van der Waals surface area contributed by atoms with E-state index in [9.17, 15) is 9.90 Å². The number of H-pyrrole nitrogens is 1. The summed E-state index contributed by atoms with van der Waals surface area (Å²) in [5.41, 5.74) is 8.03. The number of benzene rings is 1. The quantitative estimate of drug-likeness (QED) is 0.610. The monoisotopic (exact) mass is 251 g/mol. The van der Waals surface area contributed by atoms with Gasteiger partial charge in [0.05, 0.1) is 29.5 Å². The van der Waals surface area contributed by atoms with Crippen LogP contribution in [0.2, 0.25) is 0 Å². The molecule has 0 amide bonds. The van der Waals surface area contributed by atoms with E-state index >= 15 is 0 Å². The lowest BCUT2D eigenvalue weighted by Crippen LogP contribution is -2.29. The molecule has 0 fully saturated rings. The van der Waals surface area contributed by atoms with Gasteiger partial charge >= 0.3 is 5.76 Å². The van der Waals surface area contributed by atoms with Crippen LogP contribution in [0.15, 0.2) is 21.3 Å². The van der Waals surface area contributed by atoms with Crippen molar-refractivity contribution in [1.82, 2.24) is 4.98 Å². The molecule has 0 aliphatic rings. The molecule has 1 heterocycles. The van der Waals surface area contributed by atoms with Crippen molar-refractivity contribution in [3.8, 4) is 0 Å². The van der Waals surface area contributed by atoms with Crippen LogP contribution in [0.25, 0.3) is 11.1 Å². The Balaban J connectivity index is 2.38. The third-order valence-corrected chi connectivity index (χ3v) is 2.93. The van der Waals surface area contributed by atoms with Crippen molar-refractivity contribution in [2.24, 2.45) is 5.92 Å². The maximum absolute atomic E-state index is 11.1. The number of hydrogen-bond acceptors (Lipinski definition) is 5. The van der Waals surface area contributed by atoms with Crippen LogP contribution in [0, 0.1) is 5.92 Å². The van der Waals surface area contributed by atoms with Gasteiger partial charge in [-0.25, -0.2) is 4.79 Å². The van der Waals surface area contributed by atoms with Gasteiger partial charge in [-0.05, 0) is 12.0 Å². The van der Waals surface area contributed by atoms with Crippen LogP contribution in [0.1, 0.15) is 13.8 Å². The predicted molar refractivity (Wildman–Crippen MR) is 70.6 cm³/mol. The van der Waals surface area contributed by atoms with Crippen molar-refractivity contribution in [2.45, 2.75) is 19.9 Å². The van der Waals surface area contributed by atoms with Crippen LogP contribution in [-0.4, -0.2) is 22.7 Å². The molecule has 0 saturated carbocycles. The minimum absolute atomic E-state index is 0.0110. The van der Waals surface area contributed by atoms with Gasteiger partial charge in [0, 0.05) is 6.07 Å². The fraction of sp³-hybridized carbons (Fsp3) is 0.417. The number of nitrogen functional groups attached to an aromatic ring is 1. The second-order valence-corrected chi connectivity index (χ2v) is 4.63. The highest BCUT2D eigenvalue weighted by Crippen LogP contribution is 2.25. The molecule has 0 unspecified atom stereocenters. The Morgan fingerprint density at radius 3 is 2.83 bits per heavy atom. The van der Waals surface area contributed by atoms with Gasteiger partial charge < -0.3 is 20.6 Å². The summed E-state index contributed by atoms with van der Waals surface area (Å²) >= 11 is 0. The summed E-state index contributed by atoms with van der Waals surface area (Å²) in [7, 11) is 0. The molecule has 0 saturated heterocycles. The largest absolute Gasteiger partial charge is 0.417 e. The maximum Gasteiger partial charge on any atom is 0.417 e. The van der Waals surface area contributed by atoms with E-state index in [-0.39, 0.29) is 18.6 Å². The summed E-state index contributed by atoms with van der Waals surface area (Å²) < 4.78 is 4.91. The summed E-state index contributed by atoms with van der Waals surface area (Å²) in [5, 5.41) is 12.4. The Morgan fingerprint density at radius 2 is 2.22 bits per heavy atom. The molecular formula is C12H17N3O3. The smallest absolute Gasteiger partial charge is 0.408 e. The number of aromatic nitrogens is 1. The molecule has 1 aromatic carbocycles. The van der Waals surface area contributed by atoms with Crippen LogP contribution in [0.3, 0.4) is 0 Å². The number of anilines is 2. The highest BCUT2D eigenvalue weighted by molar-refractivity contribution is 5.85. The highest BCUT2D eigenvalue weighted by Gasteiger charge is 2.14. The lowest BCUT2D eigenvalue weighted by molar-refractivity contribution is 0.249. The number of fused-ring (bicyclic) bond motifs is 1. The molecule has 2 aromatic rings. The van der Waals surface area contributed by atoms with Crippen LogP contribution in [0.5, 0.6) is 0 Å². The van der Waals surface area contributed by atoms with Crippen molar-refractivity contribution in [1.29, 1.82) is 0 Å². The van der Waals surface area contributed by atoms with E-state index in [1.165, 1.54) is 0 Å². The number of aromatic amines is 1. The molecule has 6 nitrogen and oxygen atoms in total. The number of nitrogens with one attached hydrogen (secondary N) is 2. The Bertz CT molecular complexity index is 600. The molecule has 1 aromatic heterocycles. The summed E-state index contributed by atoms with van der Waals surface area (Å²) in [5.74, 6) is -0.252. The predicted octanol–water partition coefficient (Wildman–Crippen LogP) is 1.13. The van der Waals surface area contributed by atoms with Crippen molar-refractivity contribution in [3.63, 3.8) is 0 Å². The molecule has 0 radical (unpaired) electrons. The summed E-state index contributed by atoms with van der Waals surface area (Å²) in [6, 6.07) is 3.20. The van der Waals surface area contributed by atoms with E-state index in [0.717, 1.165) is 0 Å². The highest BCUT2D eigenvalue weighted by atomic mass is 16.4. The Morgan fingerprint density at radius 1 is 1.50 bits per heavy atom. The maximum atomic E-state index is 11.1. The SMILES string of the molecule is CC(C)[C@@H](CO)Nc1cc2[nH]c(=O)oc2cc1N. The zero-order valence-corrected chi connectivity index (χ0v) is 10.4. The number of oxazole rings is 1. The Labute approximate surface area is 104 Å². The molecule has 98 valence electrons. The molecule has 0 aliphatic carbocycles. The van der Waals surface area contributed by atoms with Gasteiger partial charge in [0.15, 0.2) is 5.58 Å². The van der Waals surface area contributed by atoms with E-state index in [1.54, 1.807) is 12.1 Å². The molecule has 0 aliphatic heterocycles. The number of nitrogens with two attached hydrogens (primary N) is 1. The lowest BCUT2D eigenvalue weighted by Gasteiger charge is -2.22. The van der Waals surface area contributed by atoms with Crippen LogP contribution in [0.4, 0.5) is 11.4 Å². The van der Waals surface area contributed by atoms with Gasteiger partial charge in [-0.15, -0.1) is 0 Å². The van der Waals surface area contributed by atoms with Crippen LogP contribution < -0.4 is 16.8 Å². The van der Waals surface area contributed by atoms with Crippen molar-refractivity contribution in [3.05, 3.63) is 22.7 Å². The number of hydrogen-bond donors (Lipinski definition) is 4. The normalized spacial score (nSPS) is 13.1. The Hall–Kier alpha value is -1.95. The van der Waals surface area contributed by atoms with Gasteiger partial charge in [0.2, 0.25) is 0 Å². The van der Waals surface area contributed by atoms with E-state index in [1.807, 2.05) is 13.8 Å². The second kappa shape index (κ2) is 4.73. The summed E-state index contributed by atoms with van der Waals surface area (Å²) in [6.07, 6.45) is 0. The van der Waals surface area contributed by atoms with Gasteiger partial charge in [0.25, 0.3) is 0 Å². The molecule has 0 bridgehead atoms. The van der Waals surface area contributed by atoms with Crippen molar-refractivity contribution < 1.29 is 9.52 Å². The lowest BCUT2D eigenvalue weighted by atomic mass is 10.0. The standard InChI is InChI=1S/C12H17N3O3/c1-6(2)10(5-16)14-8-4-9-11(3-7(8)13)18-12(17)15-9/h3-4,6,10,14,16H,5,13H2,1-2H3,(H,15,17)/t10-/m1/s1. The van der Waals surface area contributed by atoms with E-state index in [0.29, 0.717) is 22.5 Å². The average molecular weight is 251 g/mol. The van der Waals surface area contributed by atoms with Crippen LogP contribution in [-0.2, 0) is 0 Å². The third kappa shape index (κ3) is 2.33. The Kier molecular flexibility index (Phi) is 3.29. The third-order valence-electron chi connectivity index (χ3n) is 2.93. The zero-order chi connectivity index (χ0) is 13.3. The summed E-state index contributed by atoms with van der Waals surface area (Å²) in [6.45, 7) is 4.02. The first-order valence-corrected chi connectivity index (χ1v) is 5.81. The first-order valence-electron chi connectivity index (χ1n) is 5.81. The van der Waals surface area contributed by atoms with Gasteiger partial charge in [-0.3, -0.25) is 4.98 Å². The molecule has 5 N–H and O–H groups in total. The minimum atomic E-state index is -0.510. The molecule has 18 heavy (non-hydrogen) atoms. The molecule has 2 rings (SSSR count). The first kappa shape index (κ1) is 12.5. The molecule has 0 spiro atoms. The number of rotatable bonds is 4. The fourth-order valence-corrected chi connectivity index (χ4v) is 1.76. The van der Waals surface area contributed by atoms with E-state index in [4.69, 9.17) is 10.2 Å². The molecule has 6 heteroatoms. The zero-order valence-electron chi connectivity index (χ0n) is 10.4. The summed E-state index contributed by atoms with van der Waals surface area (Å²) in [4.78, 5) is 13.6. The average Bonchev–Trinajstić information content (AvgIpc) is 2.64. The first-order chi connectivity index (χ1) is 8.51. The van der Waals surface area contributed by atoms with E-state index in [2.05, 4.69) is 10.3 Å². The number of aliphatic hydroxyl groups excluding tert-OH is 1. The minimum Gasteiger partial charge on any atom is -0.408 e. The van der Waals surface area contributed by atoms with Gasteiger partial charge in [0.1, 0.15) is 0 Å². The van der Waals surface area contributed by atoms with E-state index < -0.39 is 5.76 Å².